The number of aliphatic hydroxyl groups excluding tert-OH is 3. The number of hydrogen-bond donors (Lipinski definition) is 7. The molecule has 12 nitrogen and oxygen atoms in total. The maximum absolute atomic E-state index is 12.9. The molecule has 4 atom stereocenters. The highest BCUT2D eigenvalue weighted by molar-refractivity contribution is 5.88. The van der Waals surface area contributed by atoms with E-state index in [1.54, 1.807) is 0 Å². The highest BCUT2D eigenvalue weighted by atomic mass is 16.7. The fourth-order valence-corrected chi connectivity index (χ4v) is 3.47. The molecule has 176 valence electrons. The number of hydrogen-bond acceptors (Lipinski definition) is 12. The van der Waals surface area contributed by atoms with Crippen LogP contribution in [0.3, 0.4) is 0 Å². The van der Waals surface area contributed by atoms with Crippen molar-refractivity contribution in [3.8, 4) is 45.8 Å². The normalized spacial score (nSPS) is 22.9. The number of phenols is 4. The van der Waals surface area contributed by atoms with Crippen molar-refractivity contribution in [3.63, 3.8) is 0 Å². The zero-order chi connectivity index (χ0) is 24.0. The van der Waals surface area contributed by atoms with Gasteiger partial charge in [0.1, 0.15) is 40.8 Å². The van der Waals surface area contributed by atoms with Gasteiger partial charge in [-0.05, 0) is 12.1 Å². The van der Waals surface area contributed by atoms with Crippen molar-refractivity contribution >= 4 is 11.0 Å². The van der Waals surface area contributed by atoms with E-state index in [0.29, 0.717) is 0 Å². The lowest BCUT2D eigenvalue weighted by molar-refractivity contribution is -0.242. The lowest BCUT2D eigenvalue weighted by Crippen LogP contribution is -2.54. The minimum atomic E-state index is -1.68. The second-order valence-corrected chi connectivity index (χ2v) is 7.34. The van der Waals surface area contributed by atoms with Crippen LogP contribution in [0, 0.1) is 0 Å². The maximum Gasteiger partial charge on any atom is 0.239 e. The largest absolute Gasteiger partial charge is 0.508 e. The molecule has 0 saturated carbocycles. The first-order valence-electron chi connectivity index (χ1n) is 9.58. The molecule has 1 aliphatic heterocycles. The van der Waals surface area contributed by atoms with Gasteiger partial charge in [-0.1, -0.05) is 0 Å². The highest BCUT2D eigenvalue weighted by Crippen LogP contribution is 2.43. The van der Waals surface area contributed by atoms with Crippen molar-refractivity contribution in [2.75, 3.05) is 13.7 Å². The first-order chi connectivity index (χ1) is 15.6. The maximum atomic E-state index is 12.9. The summed E-state index contributed by atoms with van der Waals surface area (Å²) in [5.74, 6) is -3.36. The van der Waals surface area contributed by atoms with Gasteiger partial charge < -0.3 is 54.4 Å². The molecule has 0 aliphatic carbocycles. The molecule has 1 aromatic heterocycles. The number of benzene rings is 2. The minimum Gasteiger partial charge on any atom is -0.508 e. The van der Waals surface area contributed by atoms with E-state index in [2.05, 4.69) is 0 Å². The van der Waals surface area contributed by atoms with E-state index in [-0.39, 0.29) is 40.4 Å². The molecule has 1 saturated heterocycles. The lowest BCUT2D eigenvalue weighted by Gasteiger charge is -2.35. The van der Waals surface area contributed by atoms with Crippen LogP contribution in [0.2, 0.25) is 0 Å². The zero-order valence-electron chi connectivity index (χ0n) is 17.0. The second-order valence-electron chi connectivity index (χ2n) is 7.34. The third-order valence-corrected chi connectivity index (χ3v) is 5.14. The van der Waals surface area contributed by atoms with Gasteiger partial charge in [0.2, 0.25) is 23.2 Å². The Morgan fingerprint density at radius 2 is 1.70 bits per heavy atom. The fourth-order valence-electron chi connectivity index (χ4n) is 3.47. The SMILES string of the molecule is COc1c(-c2cc(O)c(O)c(O[C@@H]3OC[C@H](O)[C@H](O)[C@H]3O)c2)oc2cc(O)cc(O)c2c1=O. The van der Waals surface area contributed by atoms with Crippen LogP contribution >= 0.6 is 0 Å². The van der Waals surface area contributed by atoms with Gasteiger partial charge in [0.25, 0.3) is 0 Å². The molecule has 7 N–H and O–H groups in total. The molecule has 0 spiro atoms. The third-order valence-electron chi connectivity index (χ3n) is 5.14. The number of methoxy groups -OCH3 is 1. The smallest absolute Gasteiger partial charge is 0.239 e. The molecule has 33 heavy (non-hydrogen) atoms. The number of aromatic hydroxyl groups is 4. The molecular weight excluding hydrogens is 444 g/mol. The number of ether oxygens (including phenoxy) is 3. The Morgan fingerprint density at radius 1 is 0.970 bits per heavy atom. The Bertz CT molecular complexity index is 1270. The average Bonchev–Trinajstić information content (AvgIpc) is 2.76. The fraction of sp³-hybridized carbons (Fsp3) is 0.286. The van der Waals surface area contributed by atoms with Gasteiger partial charge in [0, 0.05) is 17.7 Å². The zero-order valence-corrected chi connectivity index (χ0v) is 17.0. The summed E-state index contributed by atoms with van der Waals surface area (Å²) in [7, 11) is 1.18. The van der Waals surface area contributed by atoms with Crippen LogP contribution in [0.25, 0.3) is 22.3 Å². The van der Waals surface area contributed by atoms with E-state index in [4.69, 9.17) is 18.6 Å². The van der Waals surface area contributed by atoms with Gasteiger partial charge in [-0.2, -0.15) is 0 Å². The third kappa shape index (κ3) is 3.85. The van der Waals surface area contributed by atoms with Crippen LogP contribution < -0.4 is 14.9 Å². The van der Waals surface area contributed by atoms with Crippen LogP contribution in [0.1, 0.15) is 0 Å². The number of fused-ring (bicyclic) bond motifs is 1. The van der Waals surface area contributed by atoms with E-state index in [0.717, 1.165) is 24.3 Å². The van der Waals surface area contributed by atoms with Gasteiger partial charge in [-0.25, -0.2) is 0 Å². The summed E-state index contributed by atoms with van der Waals surface area (Å²) in [6, 6.07) is 4.22. The van der Waals surface area contributed by atoms with Gasteiger partial charge in [0.15, 0.2) is 17.3 Å². The average molecular weight is 464 g/mol. The molecule has 1 aliphatic rings. The Kier molecular flexibility index (Phi) is 5.68. The molecule has 2 heterocycles. The van der Waals surface area contributed by atoms with E-state index in [9.17, 15) is 40.5 Å². The summed E-state index contributed by atoms with van der Waals surface area (Å²) in [6.07, 6.45) is -6.12. The Labute approximate surface area is 184 Å². The van der Waals surface area contributed by atoms with Gasteiger partial charge in [-0.3, -0.25) is 4.79 Å². The van der Waals surface area contributed by atoms with Crippen molar-refractivity contribution < 1.29 is 54.4 Å². The summed E-state index contributed by atoms with van der Waals surface area (Å²) in [6.45, 7) is -0.365. The highest BCUT2D eigenvalue weighted by Gasteiger charge is 2.39. The quantitative estimate of drug-likeness (QED) is 0.257. The summed E-state index contributed by atoms with van der Waals surface area (Å²) < 4.78 is 21.3. The minimum absolute atomic E-state index is 0.0233. The number of rotatable bonds is 4. The molecule has 3 aromatic rings. The van der Waals surface area contributed by atoms with Crippen LogP contribution in [-0.4, -0.2) is 74.1 Å². The Balaban J connectivity index is 1.84. The molecule has 0 radical (unpaired) electrons. The van der Waals surface area contributed by atoms with Crippen molar-refractivity contribution in [1.82, 2.24) is 0 Å². The van der Waals surface area contributed by atoms with E-state index < -0.39 is 53.0 Å². The van der Waals surface area contributed by atoms with Gasteiger partial charge in [0.05, 0.1) is 13.7 Å². The van der Waals surface area contributed by atoms with E-state index >= 15 is 0 Å². The summed E-state index contributed by atoms with van der Waals surface area (Å²) in [5, 5.41) is 69.4. The lowest BCUT2D eigenvalue weighted by atomic mass is 10.1. The number of phenolic OH excluding ortho intramolecular Hbond substituents is 4. The summed E-state index contributed by atoms with van der Waals surface area (Å²) in [4.78, 5) is 12.9. The van der Waals surface area contributed by atoms with Crippen LogP contribution in [0.15, 0.2) is 33.5 Å². The van der Waals surface area contributed by atoms with Crippen molar-refractivity contribution in [3.05, 3.63) is 34.5 Å². The molecule has 12 heteroatoms. The van der Waals surface area contributed by atoms with E-state index in [1.165, 1.54) is 7.11 Å². The molecule has 0 unspecified atom stereocenters. The van der Waals surface area contributed by atoms with Gasteiger partial charge >= 0.3 is 0 Å². The Morgan fingerprint density at radius 3 is 2.39 bits per heavy atom. The number of aliphatic hydroxyl groups is 3. The molecule has 0 bridgehead atoms. The predicted octanol–water partition coefficient (Wildman–Crippen LogP) is 0.109. The second kappa shape index (κ2) is 8.33. The topological polar surface area (TPSA) is 200 Å². The van der Waals surface area contributed by atoms with Crippen molar-refractivity contribution in [2.24, 2.45) is 0 Å². The molecule has 0 amide bonds. The van der Waals surface area contributed by atoms with E-state index in [1.807, 2.05) is 0 Å². The molecule has 4 rings (SSSR count). The monoisotopic (exact) mass is 464 g/mol. The molecule has 1 fully saturated rings. The summed E-state index contributed by atoms with van der Waals surface area (Å²) >= 11 is 0. The molecule has 2 aromatic carbocycles. The first-order valence-corrected chi connectivity index (χ1v) is 9.58. The van der Waals surface area contributed by atoms with Crippen LogP contribution in [0.4, 0.5) is 0 Å². The standard InChI is InChI=1S/C21H20O12/c1-30-20-17(28)14-9(23)4-8(22)5-12(14)32-19(20)7-2-10(24)15(26)13(3-7)33-21-18(29)16(27)11(25)6-31-21/h2-5,11,16,18,21-27,29H,6H2,1H3/t11-,16-,18+,21-/m0/s1. The first kappa shape index (κ1) is 22.5. The van der Waals surface area contributed by atoms with Crippen molar-refractivity contribution in [2.45, 2.75) is 24.6 Å². The van der Waals surface area contributed by atoms with Crippen LogP contribution in [0.5, 0.6) is 34.5 Å². The Hall–Kier alpha value is -3.71. The predicted molar refractivity (Wildman–Crippen MR) is 110 cm³/mol. The van der Waals surface area contributed by atoms with Gasteiger partial charge in [-0.15, -0.1) is 0 Å². The molecular formula is C21H20O12. The van der Waals surface area contributed by atoms with Crippen molar-refractivity contribution in [1.29, 1.82) is 0 Å². The van der Waals surface area contributed by atoms with Crippen LogP contribution in [-0.2, 0) is 4.74 Å². The summed E-state index contributed by atoms with van der Waals surface area (Å²) in [5.41, 5.74) is -0.985.